The number of nitrogens with one attached hydrogen (secondary N) is 2. The van der Waals surface area contributed by atoms with Gasteiger partial charge in [0.2, 0.25) is 0 Å². The average molecular weight is 465 g/mol. The van der Waals surface area contributed by atoms with Crippen LogP contribution in [0.1, 0.15) is 30.9 Å². The van der Waals surface area contributed by atoms with Crippen molar-refractivity contribution >= 4 is 34.6 Å². The molecular formula is C22H23F3N4O2S. The van der Waals surface area contributed by atoms with E-state index in [4.69, 9.17) is 17.0 Å². The van der Waals surface area contributed by atoms with Crippen LogP contribution in [0.5, 0.6) is 5.75 Å². The second kappa shape index (κ2) is 10.4. The minimum absolute atomic E-state index is 0.00343. The summed E-state index contributed by atoms with van der Waals surface area (Å²) < 4.78 is 44.0. The van der Waals surface area contributed by atoms with Crippen LogP contribution in [0.15, 0.2) is 53.6 Å². The van der Waals surface area contributed by atoms with Gasteiger partial charge in [-0.25, -0.2) is 0 Å². The van der Waals surface area contributed by atoms with Crippen molar-refractivity contribution in [2.75, 3.05) is 25.0 Å². The summed E-state index contributed by atoms with van der Waals surface area (Å²) in [6.45, 7) is 3.33. The van der Waals surface area contributed by atoms with E-state index in [2.05, 4.69) is 15.8 Å². The van der Waals surface area contributed by atoms with Crippen LogP contribution in [0.3, 0.4) is 0 Å². The minimum atomic E-state index is -4.43. The van der Waals surface area contributed by atoms with Crippen LogP contribution in [0.25, 0.3) is 0 Å². The van der Waals surface area contributed by atoms with E-state index in [1.165, 1.54) is 12.1 Å². The highest BCUT2D eigenvalue weighted by Crippen LogP contribution is 2.30. The maximum absolute atomic E-state index is 12.8. The zero-order valence-electron chi connectivity index (χ0n) is 17.4. The first-order valence-electron chi connectivity index (χ1n) is 10.0. The van der Waals surface area contributed by atoms with Crippen LogP contribution in [0, 0.1) is 0 Å². The fourth-order valence-corrected chi connectivity index (χ4v) is 3.29. The summed E-state index contributed by atoms with van der Waals surface area (Å²) in [5.74, 6) is 0.555. The summed E-state index contributed by atoms with van der Waals surface area (Å²) in [5.41, 5.74) is 3.45. The molecule has 2 N–H and O–H groups in total. The monoisotopic (exact) mass is 464 g/mol. The van der Waals surface area contributed by atoms with Gasteiger partial charge in [-0.05, 0) is 80.0 Å². The quantitative estimate of drug-likeness (QED) is 0.377. The molecule has 1 aliphatic rings. The number of alkyl halides is 3. The fourth-order valence-electron chi connectivity index (χ4n) is 3.13. The molecule has 0 atom stereocenters. The third-order valence-corrected chi connectivity index (χ3v) is 5.06. The predicted octanol–water partition coefficient (Wildman–Crippen LogP) is 4.42. The molecule has 0 aromatic heterocycles. The maximum Gasteiger partial charge on any atom is 0.416 e. The highest BCUT2D eigenvalue weighted by molar-refractivity contribution is 7.80. The molecule has 2 aromatic rings. The molecule has 1 amide bonds. The van der Waals surface area contributed by atoms with Gasteiger partial charge in [-0.3, -0.25) is 10.2 Å². The van der Waals surface area contributed by atoms with Crippen molar-refractivity contribution in [3.8, 4) is 5.75 Å². The number of hydrazone groups is 1. The lowest BCUT2D eigenvalue weighted by Gasteiger charge is -2.15. The summed E-state index contributed by atoms with van der Waals surface area (Å²) in [4.78, 5) is 13.8. The molecule has 0 aliphatic carbocycles. The Morgan fingerprint density at radius 1 is 1.16 bits per heavy atom. The molecule has 6 nitrogen and oxygen atoms in total. The molecule has 1 aliphatic heterocycles. The Balaban J connectivity index is 1.51. The molecule has 1 fully saturated rings. The topological polar surface area (TPSA) is 66.0 Å². The molecule has 0 radical (unpaired) electrons. The fraction of sp³-hybridized carbons (Fsp3) is 0.318. The smallest absolute Gasteiger partial charge is 0.416 e. The molecule has 32 heavy (non-hydrogen) atoms. The number of benzene rings is 2. The number of halogens is 3. The standard InChI is InChI=1S/C22H23F3N4O2S/c1-15(27-28-21(32)26-18-6-4-5-17(13-18)22(23,24)25)16-7-9-19(10-8-16)31-14-20(30)29-11-2-3-12-29/h4-10,13H,2-3,11-12,14H2,1H3,(H2,26,28,32)/b27-15+. The predicted molar refractivity (Wildman–Crippen MR) is 121 cm³/mol. The summed E-state index contributed by atoms with van der Waals surface area (Å²) in [6, 6.07) is 11.8. The second-order valence-electron chi connectivity index (χ2n) is 7.24. The zero-order chi connectivity index (χ0) is 23.1. The molecule has 0 saturated carbocycles. The Bertz CT molecular complexity index is 987. The average Bonchev–Trinajstić information content (AvgIpc) is 3.31. The molecule has 1 heterocycles. The van der Waals surface area contributed by atoms with Crippen molar-refractivity contribution in [1.29, 1.82) is 0 Å². The number of hydrogen-bond acceptors (Lipinski definition) is 4. The Hall–Kier alpha value is -3.14. The van der Waals surface area contributed by atoms with Gasteiger partial charge in [0.1, 0.15) is 5.75 Å². The number of carbonyl (C=O) groups is 1. The van der Waals surface area contributed by atoms with Crippen LogP contribution >= 0.6 is 12.2 Å². The Kier molecular flexibility index (Phi) is 7.68. The molecule has 1 saturated heterocycles. The van der Waals surface area contributed by atoms with Crippen molar-refractivity contribution in [1.82, 2.24) is 10.3 Å². The van der Waals surface area contributed by atoms with Crippen LogP contribution in [0.2, 0.25) is 0 Å². The zero-order valence-corrected chi connectivity index (χ0v) is 18.2. The van der Waals surface area contributed by atoms with Gasteiger partial charge in [0.25, 0.3) is 5.91 Å². The van der Waals surface area contributed by atoms with Crippen molar-refractivity contribution in [3.05, 3.63) is 59.7 Å². The summed E-state index contributed by atoms with van der Waals surface area (Å²) in [5, 5.41) is 6.89. The van der Waals surface area contributed by atoms with E-state index in [0.29, 0.717) is 11.5 Å². The van der Waals surface area contributed by atoms with Gasteiger partial charge in [0, 0.05) is 18.8 Å². The number of anilines is 1. The van der Waals surface area contributed by atoms with E-state index < -0.39 is 11.7 Å². The Labute approximate surface area is 189 Å². The first-order chi connectivity index (χ1) is 15.2. The second-order valence-corrected chi connectivity index (χ2v) is 7.65. The minimum Gasteiger partial charge on any atom is -0.484 e. The van der Waals surface area contributed by atoms with Gasteiger partial charge < -0.3 is 15.0 Å². The first kappa shape index (κ1) is 23.5. The summed E-state index contributed by atoms with van der Waals surface area (Å²) in [6.07, 6.45) is -2.36. The van der Waals surface area contributed by atoms with Gasteiger partial charge in [-0.1, -0.05) is 6.07 Å². The Morgan fingerprint density at radius 3 is 2.50 bits per heavy atom. The number of rotatable bonds is 6. The molecular weight excluding hydrogens is 441 g/mol. The normalized spacial score (nSPS) is 14.2. The number of likely N-dealkylation sites (tertiary alicyclic amines) is 1. The lowest BCUT2D eigenvalue weighted by molar-refractivity contribution is -0.137. The molecule has 0 bridgehead atoms. The lowest BCUT2D eigenvalue weighted by Crippen LogP contribution is -2.32. The summed E-state index contributed by atoms with van der Waals surface area (Å²) >= 11 is 5.10. The SMILES string of the molecule is C/C(=N\NC(=S)Nc1cccc(C(F)(F)F)c1)c1ccc(OCC(=O)N2CCCC2)cc1. The number of carbonyl (C=O) groups excluding carboxylic acids is 1. The number of ether oxygens (including phenoxy) is 1. The third kappa shape index (κ3) is 6.68. The van der Waals surface area contributed by atoms with Crippen molar-refractivity contribution in [2.24, 2.45) is 5.10 Å². The van der Waals surface area contributed by atoms with E-state index in [0.717, 1.165) is 43.6 Å². The highest BCUT2D eigenvalue weighted by Gasteiger charge is 2.30. The summed E-state index contributed by atoms with van der Waals surface area (Å²) in [7, 11) is 0. The maximum atomic E-state index is 12.8. The van der Waals surface area contributed by atoms with Gasteiger partial charge >= 0.3 is 6.18 Å². The molecule has 2 aromatic carbocycles. The molecule has 0 spiro atoms. The van der Waals surface area contributed by atoms with Crippen LogP contribution in [-0.4, -0.2) is 41.3 Å². The van der Waals surface area contributed by atoms with Gasteiger partial charge in [-0.2, -0.15) is 18.3 Å². The number of nitrogens with zero attached hydrogens (tertiary/aromatic N) is 2. The number of amides is 1. The van der Waals surface area contributed by atoms with E-state index in [1.807, 2.05) is 0 Å². The van der Waals surface area contributed by atoms with E-state index in [9.17, 15) is 18.0 Å². The van der Waals surface area contributed by atoms with E-state index >= 15 is 0 Å². The molecule has 170 valence electrons. The van der Waals surface area contributed by atoms with E-state index in [1.54, 1.807) is 36.1 Å². The van der Waals surface area contributed by atoms with Crippen molar-refractivity contribution in [2.45, 2.75) is 25.9 Å². The van der Waals surface area contributed by atoms with E-state index in [-0.39, 0.29) is 23.3 Å². The van der Waals surface area contributed by atoms with Crippen molar-refractivity contribution in [3.63, 3.8) is 0 Å². The van der Waals surface area contributed by atoms with Gasteiger partial charge in [-0.15, -0.1) is 0 Å². The van der Waals surface area contributed by atoms with Gasteiger partial charge in [0.15, 0.2) is 11.7 Å². The van der Waals surface area contributed by atoms with Gasteiger partial charge in [0.05, 0.1) is 11.3 Å². The van der Waals surface area contributed by atoms with Crippen LogP contribution < -0.4 is 15.5 Å². The Morgan fingerprint density at radius 2 is 1.84 bits per heavy atom. The molecule has 0 unspecified atom stereocenters. The number of thiocarbonyl (C=S) groups is 1. The third-order valence-electron chi connectivity index (χ3n) is 4.87. The largest absolute Gasteiger partial charge is 0.484 e. The highest BCUT2D eigenvalue weighted by atomic mass is 32.1. The first-order valence-corrected chi connectivity index (χ1v) is 10.4. The molecule has 3 rings (SSSR count). The van der Waals surface area contributed by atoms with Crippen LogP contribution in [0.4, 0.5) is 18.9 Å². The molecule has 10 heteroatoms. The lowest BCUT2D eigenvalue weighted by atomic mass is 10.1. The van der Waals surface area contributed by atoms with Crippen LogP contribution in [-0.2, 0) is 11.0 Å². The van der Waals surface area contributed by atoms with Crippen molar-refractivity contribution < 1.29 is 22.7 Å². The number of hydrogen-bond donors (Lipinski definition) is 2.